The number of nitrogens with one attached hydrogen (secondary N) is 1. The van der Waals surface area contributed by atoms with Crippen molar-refractivity contribution in [2.45, 2.75) is 42.2 Å². The summed E-state index contributed by atoms with van der Waals surface area (Å²) in [6.07, 6.45) is 4.61. The molecule has 0 aromatic carbocycles. The number of carbonyl (C=O) groups excluding carboxylic acids is 1. The Kier molecular flexibility index (Phi) is 6.12. The highest BCUT2D eigenvalue weighted by Crippen LogP contribution is 2.32. The van der Waals surface area contributed by atoms with Crippen LogP contribution in [0.2, 0.25) is 0 Å². The first-order chi connectivity index (χ1) is 8.84. The molecule has 1 amide bonds. The molecule has 2 N–H and O–H groups in total. The van der Waals surface area contributed by atoms with E-state index in [1.807, 2.05) is 0 Å². The molecule has 0 heterocycles. The van der Waals surface area contributed by atoms with Gasteiger partial charge in [0.1, 0.15) is 15.9 Å². The van der Waals surface area contributed by atoms with Gasteiger partial charge in [-0.15, -0.1) is 0 Å². The molecular formula is C11H19NO5S2. The van der Waals surface area contributed by atoms with E-state index in [9.17, 15) is 18.0 Å². The van der Waals surface area contributed by atoms with E-state index < -0.39 is 21.8 Å². The second-order valence-electron chi connectivity index (χ2n) is 4.75. The van der Waals surface area contributed by atoms with Crippen LogP contribution in [-0.2, 0) is 19.4 Å². The van der Waals surface area contributed by atoms with Crippen LogP contribution in [0.5, 0.6) is 0 Å². The fourth-order valence-electron chi connectivity index (χ4n) is 2.15. The highest BCUT2D eigenvalue weighted by Gasteiger charge is 2.30. The zero-order valence-corrected chi connectivity index (χ0v) is 12.4. The molecule has 110 valence electrons. The van der Waals surface area contributed by atoms with Gasteiger partial charge < -0.3 is 10.4 Å². The molecule has 8 heteroatoms. The number of amides is 1. The first-order valence-corrected chi connectivity index (χ1v) is 9.08. The second-order valence-corrected chi connectivity index (χ2v) is 8.41. The molecule has 1 fully saturated rings. The van der Waals surface area contributed by atoms with Crippen LogP contribution >= 0.6 is 11.8 Å². The monoisotopic (exact) mass is 309 g/mol. The van der Waals surface area contributed by atoms with Gasteiger partial charge in [-0.3, -0.25) is 4.79 Å². The molecule has 0 aromatic rings. The van der Waals surface area contributed by atoms with E-state index in [0.29, 0.717) is 19.3 Å². The minimum absolute atomic E-state index is 0.142. The van der Waals surface area contributed by atoms with Crippen LogP contribution in [0.25, 0.3) is 0 Å². The van der Waals surface area contributed by atoms with Crippen molar-refractivity contribution >= 4 is 34.0 Å². The maximum absolute atomic E-state index is 11.5. The summed E-state index contributed by atoms with van der Waals surface area (Å²) < 4.78 is 23.0. The van der Waals surface area contributed by atoms with Crippen molar-refractivity contribution in [1.82, 2.24) is 5.32 Å². The lowest BCUT2D eigenvalue weighted by Crippen LogP contribution is -2.39. The fourth-order valence-corrected chi connectivity index (χ4v) is 4.85. The van der Waals surface area contributed by atoms with Crippen molar-refractivity contribution in [3.63, 3.8) is 0 Å². The van der Waals surface area contributed by atoms with Crippen molar-refractivity contribution in [3.8, 4) is 0 Å². The topological polar surface area (TPSA) is 101 Å². The minimum atomic E-state index is -3.03. The number of carbonyl (C=O) groups is 2. The van der Waals surface area contributed by atoms with Crippen LogP contribution in [-0.4, -0.2) is 54.5 Å². The van der Waals surface area contributed by atoms with E-state index in [2.05, 4.69) is 5.32 Å². The van der Waals surface area contributed by atoms with Crippen molar-refractivity contribution in [1.29, 1.82) is 0 Å². The summed E-state index contributed by atoms with van der Waals surface area (Å²) in [4.78, 5) is 21.1. The number of aliphatic carboxylic acids is 1. The predicted molar refractivity (Wildman–Crippen MR) is 74.0 cm³/mol. The summed E-state index contributed by atoms with van der Waals surface area (Å²) in [5.74, 6) is -0.815. The van der Waals surface area contributed by atoms with Gasteiger partial charge in [-0.2, -0.15) is 11.8 Å². The van der Waals surface area contributed by atoms with Crippen LogP contribution in [0.4, 0.5) is 0 Å². The van der Waals surface area contributed by atoms with E-state index in [0.717, 1.165) is 12.8 Å². The maximum atomic E-state index is 11.5. The number of hydrogen-bond acceptors (Lipinski definition) is 5. The number of sulfone groups is 1. The Morgan fingerprint density at radius 1 is 1.53 bits per heavy atom. The summed E-state index contributed by atoms with van der Waals surface area (Å²) in [6, 6.07) is -0.916. The number of carboxylic acid groups (broad SMARTS) is 1. The fraction of sp³-hybridized carbons (Fsp3) is 0.818. The summed E-state index contributed by atoms with van der Waals surface area (Å²) in [7, 11) is -3.03. The van der Waals surface area contributed by atoms with Gasteiger partial charge in [0.15, 0.2) is 0 Å². The van der Waals surface area contributed by atoms with Crippen molar-refractivity contribution in [2.24, 2.45) is 0 Å². The molecule has 19 heavy (non-hydrogen) atoms. The summed E-state index contributed by atoms with van der Waals surface area (Å²) in [5, 5.41) is 11.0. The molecule has 3 atom stereocenters. The van der Waals surface area contributed by atoms with Crippen LogP contribution in [0.15, 0.2) is 0 Å². The van der Waals surface area contributed by atoms with Gasteiger partial charge >= 0.3 is 5.97 Å². The zero-order chi connectivity index (χ0) is 14.5. The predicted octanol–water partition coefficient (Wildman–Crippen LogP) is 0.275. The van der Waals surface area contributed by atoms with Crippen LogP contribution < -0.4 is 5.32 Å². The Balaban J connectivity index is 2.48. The van der Waals surface area contributed by atoms with Crippen LogP contribution in [0.1, 0.15) is 25.7 Å². The third-order valence-corrected chi connectivity index (χ3v) is 6.31. The standard InChI is InChI=1S/C11H19NO5S2/c1-19(16,17)9-4-2-3-8(5-9)18-6-10(11(14)15)12-7-13/h7-10H,2-6H2,1H3,(H,12,13)(H,14,15). The second kappa shape index (κ2) is 7.14. The molecule has 1 saturated carbocycles. The first-order valence-electron chi connectivity index (χ1n) is 6.07. The average molecular weight is 309 g/mol. The molecule has 0 saturated heterocycles. The third-order valence-electron chi connectivity index (χ3n) is 3.25. The molecule has 0 radical (unpaired) electrons. The van der Waals surface area contributed by atoms with Crippen molar-refractivity contribution < 1.29 is 23.1 Å². The van der Waals surface area contributed by atoms with E-state index in [1.54, 1.807) is 0 Å². The first kappa shape index (κ1) is 16.3. The van der Waals surface area contributed by atoms with Gasteiger partial charge in [0.25, 0.3) is 0 Å². The lowest BCUT2D eigenvalue weighted by molar-refractivity contribution is -0.139. The van der Waals surface area contributed by atoms with Gasteiger partial charge in [0, 0.05) is 17.3 Å². The number of carboxylic acids is 1. The molecule has 3 unspecified atom stereocenters. The zero-order valence-electron chi connectivity index (χ0n) is 10.7. The van der Waals surface area contributed by atoms with E-state index in [-0.39, 0.29) is 16.3 Å². The smallest absolute Gasteiger partial charge is 0.327 e. The quantitative estimate of drug-likeness (QED) is 0.655. The molecule has 6 nitrogen and oxygen atoms in total. The Labute approximate surface area is 117 Å². The SMILES string of the molecule is CS(=O)(=O)C1CCCC(SCC(NC=O)C(=O)O)C1. The van der Waals surface area contributed by atoms with E-state index in [1.165, 1.54) is 18.0 Å². The van der Waals surface area contributed by atoms with Crippen LogP contribution in [0.3, 0.4) is 0 Å². The van der Waals surface area contributed by atoms with Gasteiger partial charge in [-0.05, 0) is 19.3 Å². The van der Waals surface area contributed by atoms with Crippen molar-refractivity contribution in [3.05, 3.63) is 0 Å². The molecule has 1 aliphatic rings. The molecule has 1 aliphatic carbocycles. The number of hydrogen-bond donors (Lipinski definition) is 2. The van der Waals surface area contributed by atoms with Gasteiger partial charge in [0.2, 0.25) is 6.41 Å². The molecule has 0 spiro atoms. The minimum Gasteiger partial charge on any atom is -0.480 e. The normalized spacial score (nSPS) is 25.5. The van der Waals surface area contributed by atoms with E-state index in [4.69, 9.17) is 5.11 Å². The highest BCUT2D eigenvalue weighted by molar-refractivity contribution is 8.00. The Morgan fingerprint density at radius 2 is 2.21 bits per heavy atom. The largest absolute Gasteiger partial charge is 0.480 e. The Bertz CT molecular complexity index is 423. The summed E-state index contributed by atoms with van der Waals surface area (Å²) in [6.45, 7) is 0. The van der Waals surface area contributed by atoms with E-state index >= 15 is 0 Å². The van der Waals surface area contributed by atoms with Crippen LogP contribution in [0, 0.1) is 0 Å². The summed E-state index contributed by atoms with van der Waals surface area (Å²) >= 11 is 1.43. The highest BCUT2D eigenvalue weighted by atomic mass is 32.2. The number of thioether (sulfide) groups is 1. The number of rotatable bonds is 7. The van der Waals surface area contributed by atoms with Gasteiger partial charge in [-0.25, -0.2) is 13.2 Å². The lowest BCUT2D eigenvalue weighted by Gasteiger charge is -2.28. The average Bonchev–Trinajstić information content (AvgIpc) is 2.33. The van der Waals surface area contributed by atoms with Gasteiger partial charge in [-0.1, -0.05) is 6.42 Å². The van der Waals surface area contributed by atoms with Crippen molar-refractivity contribution in [2.75, 3.05) is 12.0 Å². The molecule has 1 rings (SSSR count). The molecule has 0 aromatic heterocycles. The Hall–Kier alpha value is -0.760. The molecular weight excluding hydrogens is 290 g/mol. The third kappa shape index (κ3) is 5.40. The van der Waals surface area contributed by atoms with Gasteiger partial charge in [0.05, 0.1) is 5.25 Å². The molecule has 0 aliphatic heterocycles. The maximum Gasteiger partial charge on any atom is 0.327 e. The Morgan fingerprint density at radius 3 is 2.74 bits per heavy atom. The summed E-state index contributed by atoms with van der Waals surface area (Å²) in [5.41, 5.74) is 0. The molecule has 0 bridgehead atoms. The lowest BCUT2D eigenvalue weighted by atomic mass is 10.00.